The van der Waals surface area contributed by atoms with Crippen LogP contribution in [0.15, 0.2) is 54.1 Å². The number of ketones is 1. The number of aliphatic hydroxyl groups is 1. The zero-order chi connectivity index (χ0) is 21.1. The Kier molecular flexibility index (Phi) is 6.63. The van der Waals surface area contributed by atoms with Gasteiger partial charge in [0.25, 0.3) is 11.7 Å². The highest BCUT2D eigenvalue weighted by molar-refractivity contribution is 6.46. The molecule has 5 nitrogen and oxygen atoms in total. The second kappa shape index (κ2) is 8.99. The fourth-order valence-electron chi connectivity index (χ4n) is 3.45. The molecule has 1 aliphatic heterocycles. The van der Waals surface area contributed by atoms with E-state index in [2.05, 4.69) is 0 Å². The van der Waals surface area contributed by atoms with Crippen LogP contribution >= 0.6 is 23.2 Å². The van der Waals surface area contributed by atoms with Crippen molar-refractivity contribution in [3.05, 3.63) is 75.3 Å². The Morgan fingerprint density at radius 2 is 1.76 bits per heavy atom. The van der Waals surface area contributed by atoms with E-state index in [-0.39, 0.29) is 11.3 Å². The fraction of sp³-hybridized carbons (Fsp3) is 0.273. The molecule has 29 heavy (non-hydrogen) atoms. The van der Waals surface area contributed by atoms with E-state index in [1.807, 2.05) is 25.1 Å². The van der Waals surface area contributed by atoms with Gasteiger partial charge in [-0.2, -0.15) is 0 Å². The SMILES string of the molecule is CN(C)CCCN1C(=O)C(=O)/C(=C(/O)c2ccccc2)[C@H]1c1ccc(Cl)c(Cl)c1. The molecule has 1 amide bonds. The summed E-state index contributed by atoms with van der Waals surface area (Å²) in [6, 6.07) is 13.0. The number of carbonyl (C=O) groups excluding carboxylic acids is 2. The third kappa shape index (κ3) is 4.47. The van der Waals surface area contributed by atoms with Crippen LogP contribution in [0.25, 0.3) is 5.76 Å². The number of nitrogens with zero attached hydrogens (tertiary/aromatic N) is 2. The summed E-state index contributed by atoms with van der Waals surface area (Å²) >= 11 is 12.2. The minimum absolute atomic E-state index is 0.0597. The molecule has 2 aromatic rings. The summed E-state index contributed by atoms with van der Waals surface area (Å²) in [5.74, 6) is -1.53. The van der Waals surface area contributed by atoms with Crippen molar-refractivity contribution >= 4 is 40.7 Å². The minimum Gasteiger partial charge on any atom is -0.507 e. The van der Waals surface area contributed by atoms with Gasteiger partial charge in [0.05, 0.1) is 21.7 Å². The minimum atomic E-state index is -0.730. The van der Waals surface area contributed by atoms with Crippen molar-refractivity contribution in [1.29, 1.82) is 0 Å². The summed E-state index contributed by atoms with van der Waals surface area (Å²) in [5.41, 5.74) is 1.16. The van der Waals surface area contributed by atoms with Crippen LogP contribution in [0.3, 0.4) is 0 Å². The molecular formula is C22H22Cl2N2O3. The van der Waals surface area contributed by atoms with Gasteiger partial charge in [-0.25, -0.2) is 0 Å². The van der Waals surface area contributed by atoms with E-state index in [0.717, 1.165) is 6.54 Å². The lowest BCUT2D eigenvalue weighted by Gasteiger charge is -2.26. The van der Waals surface area contributed by atoms with Gasteiger partial charge in [-0.3, -0.25) is 9.59 Å². The number of benzene rings is 2. The molecule has 1 saturated heterocycles. The molecular weight excluding hydrogens is 411 g/mol. The average Bonchev–Trinajstić information content (AvgIpc) is 2.95. The third-order valence-electron chi connectivity index (χ3n) is 4.85. The summed E-state index contributed by atoms with van der Waals surface area (Å²) < 4.78 is 0. The maximum Gasteiger partial charge on any atom is 0.295 e. The first-order valence-electron chi connectivity index (χ1n) is 9.24. The van der Waals surface area contributed by atoms with Crippen LogP contribution in [-0.2, 0) is 9.59 Å². The number of rotatable bonds is 6. The molecule has 1 fully saturated rings. The molecule has 3 rings (SSSR count). The van der Waals surface area contributed by atoms with Gasteiger partial charge in [0.15, 0.2) is 0 Å². The number of aliphatic hydroxyl groups excluding tert-OH is 1. The number of carbonyl (C=O) groups is 2. The molecule has 2 aromatic carbocycles. The van der Waals surface area contributed by atoms with Crippen molar-refractivity contribution in [2.45, 2.75) is 12.5 Å². The van der Waals surface area contributed by atoms with Crippen LogP contribution in [0.4, 0.5) is 0 Å². The number of hydrogen-bond acceptors (Lipinski definition) is 4. The van der Waals surface area contributed by atoms with Crippen molar-refractivity contribution < 1.29 is 14.7 Å². The van der Waals surface area contributed by atoms with E-state index in [4.69, 9.17) is 23.2 Å². The van der Waals surface area contributed by atoms with Gasteiger partial charge in [-0.1, -0.05) is 59.6 Å². The van der Waals surface area contributed by atoms with Crippen molar-refractivity contribution in [3.8, 4) is 0 Å². The lowest BCUT2D eigenvalue weighted by Crippen LogP contribution is -2.32. The van der Waals surface area contributed by atoms with E-state index in [1.54, 1.807) is 42.5 Å². The molecule has 0 unspecified atom stereocenters. The van der Waals surface area contributed by atoms with Crippen molar-refractivity contribution in [2.24, 2.45) is 0 Å². The van der Waals surface area contributed by atoms with Crippen LogP contribution < -0.4 is 0 Å². The van der Waals surface area contributed by atoms with Gasteiger partial charge < -0.3 is 14.9 Å². The molecule has 0 bridgehead atoms. The smallest absolute Gasteiger partial charge is 0.295 e. The molecule has 7 heteroatoms. The van der Waals surface area contributed by atoms with Gasteiger partial charge in [-0.15, -0.1) is 0 Å². The Balaban J connectivity index is 2.11. The largest absolute Gasteiger partial charge is 0.507 e. The summed E-state index contributed by atoms with van der Waals surface area (Å²) in [6.07, 6.45) is 0.684. The topological polar surface area (TPSA) is 60.9 Å². The summed E-state index contributed by atoms with van der Waals surface area (Å²) in [7, 11) is 3.89. The number of hydrogen-bond donors (Lipinski definition) is 1. The summed E-state index contributed by atoms with van der Waals surface area (Å²) in [6.45, 7) is 1.13. The Morgan fingerprint density at radius 3 is 2.38 bits per heavy atom. The molecule has 152 valence electrons. The molecule has 1 atom stereocenters. The molecule has 1 aliphatic rings. The van der Waals surface area contributed by atoms with Gasteiger partial charge in [0.1, 0.15) is 5.76 Å². The Morgan fingerprint density at radius 1 is 1.07 bits per heavy atom. The molecule has 0 aliphatic carbocycles. The van der Waals surface area contributed by atoms with E-state index < -0.39 is 17.7 Å². The van der Waals surface area contributed by atoms with Crippen LogP contribution in [0, 0.1) is 0 Å². The lowest BCUT2D eigenvalue weighted by molar-refractivity contribution is -0.139. The molecule has 1 heterocycles. The number of Topliss-reactive ketones (excluding diaryl/α,β-unsaturated/α-hetero) is 1. The molecule has 0 saturated carbocycles. The monoisotopic (exact) mass is 432 g/mol. The first kappa shape index (κ1) is 21.4. The maximum atomic E-state index is 12.9. The molecule has 1 N–H and O–H groups in total. The molecule has 0 spiro atoms. The van der Waals surface area contributed by atoms with Crippen LogP contribution in [0.5, 0.6) is 0 Å². The Labute approximate surface area is 180 Å². The van der Waals surface area contributed by atoms with Crippen LogP contribution in [-0.4, -0.2) is 53.8 Å². The van der Waals surface area contributed by atoms with Gasteiger partial charge in [-0.05, 0) is 44.8 Å². The van der Waals surface area contributed by atoms with Crippen LogP contribution in [0.2, 0.25) is 10.0 Å². The van der Waals surface area contributed by atoms with Crippen molar-refractivity contribution in [3.63, 3.8) is 0 Å². The van der Waals surface area contributed by atoms with Crippen molar-refractivity contribution in [2.75, 3.05) is 27.2 Å². The Bertz CT molecular complexity index is 958. The second-order valence-electron chi connectivity index (χ2n) is 7.19. The third-order valence-corrected chi connectivity index (χ3v) is 5.59. The van der Waals surface area contributed by atoms with Crippen LogP contribution in [0.1, 0.15) is 23.6 Å². The highest BCUT2D eigenvalue weighted by atomic mass is 35.5. The lowest BCUT2D eigenvalue weighted by atomic mass is 9.95. The van der Waals surface area contributed by atoms with Gasteiger partial charge in [0.2, 0.25) is 0 Å². The zero-order valence-electron chi connectivity index (χ0n) is 16.2. The van der Waals surface area contributed by atoms with E-state index in [1.165, 1.54) is 4.90 Å². The standard InChI is InChI=1S/C22H22Cl2N2O3/c1-25(2)11-6-12-26-19(15-9-10-16(23)17(24)13-15)18(21(28)22(26)29)20(27)14-7-4-3-5-8-14/h3-5,7-10,13,19,27H,6,11-12H2,1-2H3/b20-18+/t19-/m1/s1. The average molecular weight is 433 g/mol. The maximum absolute atomic E-state index is 12.9. The number of halogens is 2. The van der Waals surface area contributed by atoms with Gasteiger partial charge >= 0.3 is 0 Å². The second-order valence-corrected chi connectivity index (χ2v) is 8.00. The normalized spacial score (nSPS) is 18.7. The predicted molar refractivity (Wildman–Crippen MR) is 115 cm³/mol. The van der Waals surface area contributed by atoms with Gasteiger partial charge in [0, 0.05) is 12.1 Å². The highest BCUT2D eigenvalue weighted by Crippen LogP contribution is 2.40. The zero-order valence-corrected chi connectivity index (χ0v) is 17.7. The predicted octanol–water partition coefficient (Wildman–Crippen LogP) is 4.37. The number of amides is 1. The molecule has 0 radical (unpaired) electrons. The van der Waals surface area contributed by atoms with E-state index in [9.17, 15) is 14.7 Å². The van der Waals surface area contributed by atoms with Crippen molar-refractivity contribution in [1.82, 2.24) is 9.80 Å². The number of likely N-dealkylation sites (tertiary alicyclic amines) is 1. The summed E-state index contributed by atoms with van der Waals surface area (Å²) in [5, 5.41) is 11.6. The Hall–Kier alpha value is -2.34. The van der Waals surface area contributed by atoms with E-state index >= 15 is 0 Å². The molecule has 0 aromatic heterocycles. The highest BCUT2D eigenvalue weighted by Gasteiger charge is 2.45. The van der Waals surface area contributed by atoms with E-state index in [0.29, 0.717) is 34.1 Å². The first-order valence-corrected chi connectivity index (χ1v) is 10.0. The quantitative estimate of drug-likeness (QED) is 0.418. The fourth-order valence-corrected chi connectivity index (χ4v) is 3.75. The summed E-state index contributed by atoms with van der Waals surface area (Å²) in [4.78, 5) is 29.2. The first-order chi connectivity index (χ1) is 13.8.